The van der Waals surface area contributed by atoms with Crippen LogP contribution in [0.5, 0.6) is 5.75 Å². The van der Waals surface area contributed by atoms with Crippen LogP contribution in [0, 0.1) is 0 Å². The maximum absolute atomic E-state index is 12.1. The Labute approximate surface area is 119 Å². The smallest absolute Gasteiger partial charge is 0.271 e. The topological polar surface area (TPSA) is 109 Å². The molecule has 0 unspecified atom stereocenters. The van der Waals surface area contributed by atoms with Crippen molar-refractivity contribution < 1.29 is 19.1 Å². The van der Waals surface area contributed by atoms with Gasteiger partial charge in [-0.05, 0) is 12.1 Å². The van der Waals surface area contributed by atoms with E-state index in [2.05, 4.69) is 21.2 Å². The summed E-state index contributed by atoms with van der Waals surface area (Å²) in [5.74, 6) is -0.440. The lowest BCUT2D eigenvalue weighted by atomic mass is 10.1. The fourth-order valence-electron chi connectivity index (χ4n) is 2.04. The molecule has 0 atom stereocenters. The van der Waals surface area contributed by atoms with Crippen molar-refractivity contribution in [2.24, 2.45) is 5.10 Å². The first-order valence-electron chi connectivity index (χ1n) is 6.36. The molecule has 2 aliphatic heterocycles. The van der Waals surface area contributed by atoms with Crippen LogP contribution >= 0.6 is 0 Å². The van der Waals surface area contributed by atoms with Gasteiger partial charge in [0.2, 0.25) is 5.91 Å². The predicted molar refractivity (Wildman–Crippen MR) is 74.0 cm³/mol. The van der Waals surface area contributed by atoms with E-state index in [9.17, 15) is 14.4 Å². The molecule has 108 valence electrons. The summed E-state index contributed by atoms with van der Waals surface area (Å²) in [6.07, 6.45) is 0.495. The summed E-state index contributed by atoms with van der Waals surface area (Å²) in [6, 6.07) is 5.05. The Hall–Kier alpha value is -2.90. The number of hydrogen-bond donors (Lipinski definition) is 3. The van der Waals surface area contributed by atoms with Crippen molar-refractivity contribution in [3.05, 3.63) is 18.2 Å². The van der Waals surface area contributed by atoms with Gasteiger partial charge in [-0.15, -0.1) is 0 Å². The summed E-state index contributed by atoms with van der Waals surface area (Å²) < 4.78 is 5.27. The highest BCUT2D eigenvalue weighted by Crippen LogP contribution is 2.34. The third-order valence-corrected chi connectivity index (χ3v) is 3.06. The number of nitrogens with one attached hydrogen (secondary N) is 3. The Balaban J connectivity index is 1.81. The zero-order valence-corrected chi connectivity index (χ0v) is 10.9. The van der Waals surface area contributed by atoms with E-state index in [0.717, 1.165) is 0 Å². The molecule has 0 radical (unpaired) electrons. The molecular formula is C13H12N4O4. The van der Waals surface area contributed by atoms with E-state index in [-0.39, 0.29) is 37.0 Å². The van der Waals surface area contributed by atoms with Crippen molar-refractivity contribution in [2.75, 3.05) is 17.2 Å². The highest BCUT2D eigenvalue weighted by Gasteiger charge is 2.22. The second-order valence-electron chi connectivity index (χ2n) is 4.56. The average Bonchev–Trinajstić information content (AvgIpc) is 2.48. The van der Waals surface area contributed by atoms with Crippen LogP contribution < -0.4 is 20.8 Å². The Kier molecular flexibility index (Phi) is 3.27. The summed E-state index contributed by atoms with van der Waals surface area (Å²) in [4.78, 5) is 34.5. The molecule has 0 aliphatic carbocycles. The molecule has 2 aliphatic rings. The van der Waals surface area contributed by atoms with Crippen LogP contribution in [-0.2, 0) is 14.4 Å². The van der Waals surface area contributed by atoms with Gasteiger partial charge in [-0.2, -0.15) is 5.10 Å². The van der Waals surface area contributed by atoms with Crippen molar-refractivity contribution in [3.8, 4) is 5.75 Å². The molecule has 0 saturated carbocycles. The molecule has 8 heteroatoms. The van der Waals surface area contributed by atoms with Crippen LogP contribution in [0.15, 0.2) is 23.3 Å². The zero-order valence-electron chi connectivity index (χ0n) is 10.9. The van der Waals surface area contributed by atoms with Crippen LogP contribution in [0.3, 0.4) is 0 Å². The minimum Gasteiger partial charge on any atom is -0.481 e. The summed E-state index contributed by atoms with van der Waals surface area (Å²) in [5.41, 5.74) is 3.33. The number of hydrazone groups is 1. The molecule has 0 saturated heterocycles. The lowest BCUT2D eigenvalue weighted by Gasteiger charge is -2.21. The quantitative estimate of drug-likeness (QED) is 0.723. The van der Waals surface area contributed by atoms with Crippen molar-refractivity contribution >= 4 is 34.8 Å². The maximum Gasteiger partial charge on any atom is 0.271 e. The van der Waals surface area contributed by atoms with Crippen LogP contribution in [0.25, 0.3) is 0 Å². The number of amides is 3. The summed E-state index contributed by atoms with van der Waals surface area (Å²) >= 11 is 0. The van der Waals surface area contributed by atoms with Gasteiger partial charge >= 0.3 is 0 Å². The van der Waals surface area contributed by atoms with Gasteiger partial charge in [0, 0.05) is 12.8 Å². The fourth-order valence-corrected chi connectivity index (χ4v) is 2.04. The molecule has 2 heterocycles. The van der Waals surface area contributed by atoms with Gasteiger partial charge < -0.3 is 15.4 Å². The first-order valence-corrected chi connectivity index (χ1v) is 6.36. The number of fused-ring (bicyclic) bond motifs is 1. The molecule has 0 aromatic heterocycles. The summed E-state index contributed by atoms with van der Waals surface area (Å²) in [7, 11) is 0. The summed E-state index contributed by atoms with van der Waals surface area (Å²) in [6.45, 7) is -0.0524. The Morgan fingerprint density at radius 1 is 1.24 bits per heavy atom. The number of nitrogens with zero attached hydrogens (tertiary/aromatic N) is 1. The number of rotatable bonds is 2. The number of para-hydroxylation sites is 1. The molecule has 1 aromatic rings. The van der Waals surface area contributed by atoms with Crippen LogP contribution in [0.1, 0.15) is 12.8 Å². The second kappa shape index (κ2) is 5.23. The van der Waals surface area contributed by atoms with Gasteiger partial charge in [0.1, 0.15) is 17.1 Å². The monoisotopic (exact) mass is 288 g/mol. The van der Waals surface area contributed by atoms with Crippen molar-refractivity contribution in [1.29, 1.82) is 0 Å². The van der Waals surface area contributed by atoms with Crippen LogP contribution in [-0.4, -0.2) is 30.0 Å². The predicted octanol–water partition coefficient (Wildman–Crippen LogP) is 0.222. The highest BCUT2D eigenvalue weighted by atomic mass is 16.5. The molecule has 0 spiro atoms. The van der Waals surface area contributed by atoms with Crippen molar-refractivity contribution in [2.45, 2.75) is 12.8 Å². The first-order chi connectivity index (χ1) is 10.1. The largest absolute Gasteiger partial charge is 0.481 e. The van der Waals surface area contributed by atoms with E-state index < -0.39 is 5.91 Å². The molecule has 3 amide bonds. The molecule has 0 fully saturated rings. The number of carbonyl (C=O) groups is 3. The lowest BCUT2D eigenvalue weighted by Crippen LogP contribution is -2.33. The molecule has 3 rings (SSSR count). The van der Waals surface area contributed by atoms with Crippen LogP contribution in [0.4, 0.5) is 11.4 Å². The van der Waals surface area contributed by atoms with Gasteiger partial charge in [-0.1, -0.05) is 6.07 Å². The van der Waals surface area contributed by atoms with E-state index in [4.69, 9.17) is 4.74 Å². The van der Waals surface area contributed by atoms with Gasteiger partial charge in [0.25, 0.3) is 11.8 Å². The number of ether oxygens (including phenoxy) is 1. The van der Waals surface area contributed by atoms with Crippen LogP contribution in [0.2, 0.25) is 0 Å². The number of hydrogen-bond acceptors (Lipinski definition) is 5. The minimum atomic E-state index is -0.428. The maximum atomic E-state index is 12.1. The number of carbonyl (C=O) groups excluding carboxylic acids is 3. The SMILES string of the molecule is O=C1CCC(C(=O)Nc2cccc3c2NC(=O)CO3)=NN1. The number of benzene rings is 1. The van der Waals surface area contributed by atoms with Crippen molar-refractivity contribution in [1.82, 2.24) is 5.43 Å². The molecule has 8 nitrogen and oxygen atoms in total. The Bertz CT molecular complexity index is 668. The molecule has 21 heavy (non-hydrogen) atoms. The van der Waals surface area contributed by atoms with E-state index in [1.54, 1.807) is 18.2 Å². The molecular weight excluding hydrogens is 276 g/mol. The third-order valence-electron chi connectivity index (χ3n) is 3.06. The fraction of sp³-hybridized carbons (Fsp3) is 0.231. The minimum absolute atomic E-state index is 0.0524. The Morgan fingerprint density at radius 2 is 2.10 bits per heavy atom. The number of anilines is 2. The van der Waals surface area contributed by atoms with Gasteiger partial charge in [0.15, 0.2) is 6.61 Å². The van der Waals surface area contributed by atoms with E-state index >= 15 is 0 Å². The Morgan fingerprint density at radius 3 is 2.86 bits per heavy atom. The lowest BCUT2D eigenvalue weighted by molar-refractivity contribution is -0.121. The van der Waals surface area contributed by atoms with Gasteiger partial charge in [0.05, 0.1) is 5.69 Å². The molecule has 3 N–H and O–H groups in total. The van der Waals surface area contributed by atoms with E-state index in [0.29, 0.717) is 17.1 Å². The molecule has 1 aromatic carbocycles. The first kappa shape index (κ1) is 13.1. The second-order valence-corrected chi connectivity index (χ2v) is 4.56. The molecule has 0 bridgehead atoms. The average molecular weight is 288 g/mol. The summed E-state index contributed by atoms with van der Waals surface area (Å²) in [5, 5.41) is 9.04. The standard InChI is InChI=1S/C13H12N4O4/c18-10-5-4-8(16-17-10)13(20)14-7-2-1-3-9-12(7)15-11(19)6-21-9/h1-3H,4-6H2,(H,14,20)(H,15,19)(H,17,18). The van der Waals surface area contributed by atoms with Crippen molar-refractivity contribution in [3.63, 3.8) is 0 Å². The zero-order chi connectivity index (χ0) is 14.8. The normalized spacial score (nSPS) is 16.9. The van der Waals surface area contributed by atoms with Gasteiger partial charge in [-0.25, -0.2) is 5.43 Å². The third kappa shape index (κ3) is 2.69. The van der Waals surface area contributed by atoms with Gasteiger partial charge in [-0.3, -0.25) is 14.4 Å². The van der Waals surface area contributed by atoms with E-state index in [1.165, 1.54) is 0 Å². The van der Waals surface area contributed by atoms with E-state index in [1.807, 2.05) is 0 Å². The highest BCUT2D eigenvalue weighted by molar-refractivity contribution is 6.44.